The second kappa shape index (κ2) is 7.97. The highest BCUT2D eigenvalue weighted by Crippen LogP contribution is 2.16. The maximum Gasteiger partial charge on any atom is 0.328 e. The van der Waals surface area contributed by atoms with Crippen LogP contribution in [-0.2, 0) is 16.1 Å². The number of carbonyl (C=O) groups excluding carboxylic acids is 1. The van der Waals surface area contributed by atoms with Crippen molar-refractivity contribution >= 4 is 5.91 Å². The molecular formula is C17H26N4O4. The highest BCUT2D eigenvalue weighted by atomic mass is 16.5. The number of aromatic amines is 1. The molecule has 0 bridgehead atoms. The lowest BCUT2D eigenvalue weighted by Crippen LogP contribution is -2.42. The number of aromatic nitrogens is 2. The number of hydrogen-bond donors (Lipinski definition) is 1. The molecule has 8 heteroatoms. The monoisotopic (exact) mass is 350 g/mol. The van der Waals surface area contributed by atoms with Crippen molar-refractivity contribution in [1.29, 1.82) is 0 Å². The van der Waals surface area contributed by atoms with Crippen molar-refractivity contribution in [3.05, 3.63) is 32.6 Å². The molecule has 0 radical (unpaired) electrons. The lowest BCUT2D eigenvalue weighted by molar-refractivity contribution is -0.140. The van der Waals surface area contributed by atoms with Crippen LogP contribution < -0.4 is 11.2 Å². The first kappa shape index (κ1) is 17.9. The Morgan fingerprint density at radius 3 is 2.76 bits per heavy atom. The van der Waals surface area contributed by atoms with E-state index >= 15 is 0 Å². The zero-order valence-corrected chi connectivity index (χ0v) is 14.7. The van der Waals surface area contributed by atoms with E-state index in [1.54, 1.807) is 6.92 Å². The molecule has 1 atom stereocenters. The largest absolute Gasteiger partial charge is 0.368 e. The second-order valence-corrected chi connectivity index (χ2v) is 6.77. The first-order chi connectivity index (χ1) is 12.0. The predicted octanol–water partition coefficient (Wildman–Crippen LogP) is -0.442. The normalized spacial score (nSPS) is 22.1. The van der Waals surface area contributed by atoms with Gasteiger partial charge in [-0.25, -0.2) is 4.79 Å². The van der Waals surface area contributed by atoms with E-state index in [1.165, 1.54) is 10.6 Å². The Labute approximate surface area is 146 Å². The molecule has 25 heavy (non-hydrogen) atoms. The Balaban J connectivity index is 1.54. The molecular weight excluding hydrogens is 324 g/mol. The van der Waals surface area contributed by atoms with E-state index in [-0.39, 0.29) is 23.3 Å². The van der Waals surface area contributed by atoms with E-state index in [4.69, 9.17) is 4.74 Å². The van der Waals surface area contributed by atoms with Gasteiger partial charge in [-0.15, -0.1) is 0 Å². The van der Waals surface area contributed by atoms with Crippen molar-refractivity contribution in [2.75, 3.05) is 39.3 Å². The molecule has 3 rings (SSSR count). The van der Waals surface area contributed by atoms with E-state index in [9.17, 15) is 14.4 Å². The van der Waals surface area contributed by atoms with Crippen molar-refractivity contribution in [3.8, 4) is 0 Å². The van der Waals surface area contributed by atoms with Gasteiger partial charge in [-0.2, -0.15) is 0 Å². The van der Waals surface area contributed by atoms with Gasteiger partial charge in [0.2, 0.25) is 0 Å². The number of ether oxygens (including phenoxy) is 1. The van der Waals surface area contributed by atoms with E-state index in [1.807, 2.05) is 4.90 Å². The summed E-state index contributed by atoms with van der Waals surface area (Å²) in [7, 11) is 0. The fourth-order valence-corrected chi connectivity index (χ4v) is 3.48. The lowest BCUT2D eigenvalue weighted by atomic mass is 10.2. The Morgan fingerprint density at radius 2 is 2.04 bits per heavy atom. The van der Waals surface area contributed by atoms with Crippen molar-refractivity contribution in [3.63, 3.8) is 0 Å². The molecule has 1 N–H and O–H groups in total. The minimum Gasteiger partial charge on any atom is -0.368 e. The van der Waals surface area contributed by atoms with E-state index in [0.29, 0.717) is 31.9 Å². The van der Waals surface area contributed by atoms with Crippen LogP contribution in [0.2, 0.25) is 0 Å². The molecule has 2 fully saturated rings. The zero-order valence-electron chi connectivity index (χ0n) is 14.7. The molecule has 2 saturated heterocycles. The Bertz CT molecular complexity index is 689. The summed E-state index contributed by atoms with van der Waals surface area (Å²) < 4.78 is 6.73. The van der Waals surface area contributed by atoms with Crippen molar-refractivity contribution in [2.24, 2.45) is 0 Å². The molecule has 0 spiro atoms. The van der Waals surface area contributed by atoms with E-state index < -0.39 is 0 Å². The standard InChI is InChI=1S/C17H26N4O4/c1-13-12-15(22)21(17(24)18-13)10-8-19-5-3-6-20(9-7-19)16(23)14-4-2-11-25-14/h12,14H,2-11H2,1H3,(H,18,24)/t14-/m0/s1. The smallest absolute Gasteiger partial charge is 0.328 e. The SMILES string of the molecule is Cc1cc(=O)n(CCN2CCCN(C(=O)[C@@H]3CCCO3)CC2)c(=O)[nH]1. The van der Waals surface area contributed by atoms with Gasteiger partial charge < -0.3 is 14.6 Å². The van der Waals surface area contributed by atoms with Crippen LogP contribution in [0.4, 0.5) is 0 Å². The lowest BCUT2D eigenvalue weighted by Gasteiger charge is -2.24. The van der Waals surface area contributed by atoms with E-state index in [2.05, 4.69) is 9.88 Å². The summed E-state index contributed by atoms with van der Waals surface area (Å²) in [6.45, 7) is 6.35. The molecule has 1 aromatic heterocycles. The van der Waals surface area contributed by atoms with Gasteiger partial charge in [0.25, 0.3) is 11.5 Å². The molecule has 2 aliphatic rings. The average Bonchev–Trinajstić information content (AvgIpc) is 3.00. The number of H-pyrrole nitrogens is 1. The van der Waals surface area contributed by atoms with Crippen LogP contribution in [0.15, 0.2) is 15.7 Å². The van der Waals surface area contributed by atoms with Crippen LogP contribution in [0.3, 0.4) is 0 Å². The number of nitrogens with zero attached hydrogens (tertiary/aromatic N) is 3. The minimum absolute atomic E-state index is 0.102. The molecule has 0 saturated carbocycles. The quantitative estimate of drug-likeness (QED) is 0.795. The summed E-state index contributed by atoms with van der Waals surface area (Å²) >= 11 is 0. The fourth-order valence-electron chi connectivity index (χ4n) is 3.48. The molecule has 138 valence electrons. The van der Waals surface area contributed by atoms with Crippen LogP contribution in [0, 0.1) is 6.92 Å². The summed E-state index contributed by atoms with van der Waals surface area (Å²) in [6, 6.07) is 1.44. The van der Waals surface area contributed by atoms with Gasteiger partial charge in [0.15, 0.2) is 0 Å². The zero-order chi connectivity index (χ0) is 17.8. The Hall–Kier alpha value is -1.93. The Morgan fingerprint density at radius 1 is 1.20 bits per heavy atom. The summed E-state index contributed by atoms with van der Waals surface area (Å²) in [4.78, 5) is 43.1. The number of nitrogens with one attached hydrogen (secondary N) is 1. The van der Waals surface area contributed by atoms with Crippen LogP contribution in [0.1, 0.15) is 25.0 Å². The van der Waals surface area contributed by atoms with Crippen LogP contribution in [0.5, 0.6) is 0 Å². The maximum atomic E-state index is 12.5. The molecule has 0 aliphatic carbocycles. The average molecular weight is 350 g/mol. The molecule has 1 amide bonds. The van der Waals surface area contributed by atoms with Crippen molar-refractivity contribution < 1.29 is 9.53 Å². The summed E-state index contributed by atoms with van der Waals surface area (Å²) in [5.74, 6) is 0.102. The third-order valence-electron chi connectivity index (χ3n) is 4.90. The van der Waals surface area contributed by atoms with Gasteiger partial charge in [0.05, 0.1) is 0 Å². The van der Waals surface area contributed by atoms with Gasteiger partial charge in [-0.05, 0) is 32.7 Å². The Kier molecular flexibility index (Phi) is 5.70. The predicted molar refractivity (Wildman–Crippen MR) is 92.7 cm³/mol. The van der Waals surface area contributed by atoms with Crippen LogP contribution >= 0.6 is 0 Å². The first-order valence-electron chi connectivity index (χ1n) is 8.98. The van der Waals surface area contributed by atoms with Gasteiger partial charge in [0.1, 0.15) is 6.10 Å². The molecule has 8 nitrogen and oxygen atoms in total. The molecule has 0 unspecified atom stereocenters. The van der Waals surface area contributed by atoms with Gasteiger partial charge in [-0.1, -0.05) is 0 Å². The fraction of sp³-hybridized carbons (Fsp3) is 0.706. The maximum absolute atomic E-state index is 12.5. The minimum atomic E-state index is -0.366. The molecule has 1 aromatic rings. The van der Waals surface area contributed by atoms with Gasteiger partial charge in [0, 0.05) is 51.1 Å². The third kappa shape index (κ3) is 4.38. The molecule has 2 aliphatic heterocycles. The van der Waals surface area contributed by atoms with Crippen molar-refractivity contribution in [1.82, 2.24) is 19.4 Å². The second-order valence-electron chi connectivity index (χ2n) is 6.77. The van der Waals surface area contributed by atoms with Gasteiger partial charge >= 0.3 is 5.69 Å². The number of rotatable bonds is 4. The highest BCUT2D eigenvalue weighted by Gasteiger charge is 2.29. The summed E-state index contributed by atoms with van der Waals surface area (Å²) in [5, 5.41) is 0. The summed E-state index contributed by atoms with van der Waals surface area (Å²) in [5.41, 5.74) is -0.0643. The number of aryl methyl sites for hydroxylation is 1. The first-order valence-corrected chi connectivity index (χ1v) is 8.98. The van der Waals surface area contributed by atoms with Gasteiger partial charge in [-0.3, -0.25) is 19.1 Å². The highest BCUT2D eigenvalue weighted by molar-refractivity contribution is 5.81. The number of hydrogen-bond acceptors (Lipinski definition) is 5. The number of carbonyl (C=O) groups is 1. The number of amides is 1. The third-order valence-corrected chi connectivity index (χ3v) is 4.90. The van der Waals surface area contributed by atoms with E-state index in [0.717, 1.165) is 38.9 Å². The van der Waals surface area contributed by atoms with Crippen molar-refractivity contribution in [2.45, 2.75) is 38.8 Å². The molecule has 0 aromatic carbocycles. The van der Waals surface area contributed by atoms with Crippen LogP contribution in [-0.4, -0.2) is 70.7 Å². The van der Waals surface area contributed by atoms with Crippen LogP contribution in [0.25, 0.3) is 0 Å². The molecule has 3 heterocycles. The topological polar surface area (TPSA) is 87.6 Å². The summed E-state index contributed by atoms with van der Waals surface area (Å²) in [6.07, 6.45) is 2.39.